The molecule has 0 heterocycles. The highest BCUT2D eigenvalue weighted by Gasteiger charge is 2.16. The van der Waals surface area contributed by atoms with Gasteiger partial charge in [0.25, 0.3) is 0 Å². The van der Waals surface area contributed by atoms with Gasteiger partial charge in [-0.3, -0.25) is 0 Å². The van der Waals surface area contributed by atoms with Crippen LogP contribution in [0.25, 0.3) is 0 Å². The first-order chi connectivity index (χ1) is 9.90. The number of hydrogen-bond acceptors (Lipinski definition) is 3. The Labute approximate surface area is 130 Å². The van der Waals surface area contributed by atoms with Gasteiger partial charge in [0.1, 0.15) is 5.82 Å². The lowest BCUT2D eigenvalue weighted by Crippen LogP contribution is -2.19. The molecule has 0 aromatic heterocycles. The first kappa shape index (κ1) is 15.3. The average molecular weight is 353 g/mol. The van der Waals surface area contributed by atoms with E-state index in [1.807, 2.05) is 24.3 Å². The normalized spacial score (nSPS) is 10.4. The zero-order chi connectivity index (χ0) is 15.6. The summed E-state index contributed by atoms with van der Waals surface area (Å²) in [7, 11) is 1.77. The van der Waals surface area contributed by atoms with Crippen LogP contribution in [-0.4, -0.2) is 18.1 Å². The van der Waals surface area contributed by atoms with Crippen LogP contribution >= 0.6 is 15.9 Å². The van der Waals surface area contributed by atoms with Gasteiger partial charge < -0.3 is 15.7 Å². The molecule has 2 rings (SSSR count). The number of carboxylic acid groups (broad SMARTS) is 1. The minimum absolute atomic E-state index is 0.225. The maximum Gasteiger partial charge on any atom is 0.338 e. The monoisotopic (exact) mass is 352 g/mol. The molecule has 3 N–H and O–H groups in total. The van der Waals surface area contributed by atoms with Gasteiger partial charge in [0.05, 0.1) is 16.9 Å². The van der Waals surface area contributed by atoms with Gasteiger partial charge in [0, 0.05) is 24.1 Å². The van der Waals surface area contributed by atoms with Gasteiger partial charge in [0.15, 0.2) is 0 Å². The molecule has 0 spiro atoms. The molecule has 21 heavy (non-hydrogen) atoms. The van der Waals surface area contributed by atoms with Crippen molar-refractivity contribution in [2.75, 3.05) is 17.7 Å². The van der Waals surface area contributed by atoms with E-state index in [1.54, 1.807) is 11.9 Å². The van der Waals surface area contributed by atoms with Crippen LogP contribution in [-0.2, 0) is 6.54 Å². The molecule has 0 aliphatic heterocycles. The SMILES string of the molecule is CN(Cc1ccccc1Br)c1cc(F)c(C(=O)O)cc1N. The van der Waals surface area contributed by atoms with Gasteiger partial charge >= 0.3 is 5.97 Å². The van der Waals surface area contributed by atoms with E-state index in [-0.39, 0.29) is 5.69 Å². The zero-order valence-electron chi connectivity index (χ0n) is 11.3. The Morgan fingerprint density at radius 3 is 2.67 bits per heavy atom. The lowest BCUT2D eigenvalue weighted by molar-refractivity contribution is 0.0692. The molecule has 0 atom stereocenters. The third-order valence-electron chi connectivity index (χ3n) is 3.12. The smallest absolute Gasteiger partial charge is 0.338 e. The fourth-order valence-electron chi connectivity index (χ4n) is 2.04. The number of carboxylic acids is 1. The molecule has 0 amide bonds. The first-order valence-electron chi connectivity index (χ1n) is 6.17. The van der Waals surface area contributed by atoms with E-state index in [0.29, 0.717) is 12.2 Å². The van der Waals surface area contributed by atoms with Crippen LogP contribution in [0.2, 0.25) is 0 Å². The highest BCUT2D eigenvalue weighted by Crippen LogP contribution is 2.28. The van der Waals surface area contributed by atoms with Crippen LogP contribution in [0.1, 0.15) is 15.9 Å². The van der Waals surface area contributed by atoms with Crippen LogP contribution in [0.3, 0.4) is 0 Å². The van der Waals surface area contributed by atoms with E-state index < -0.39 is 17.3 Å². The van der Waals surface area contributed by atoms with Gasteiger partial charge in [-0.05, 0) is 17.7 Å². The second-order valence-electron chi connectivity index (χ2n) is 4.64. The Kier molecular flexibility index (Phi) is 4.47. The van der Waals surface area contributed by atoms with E-state index in [9.17, 15) is 9.18 Å². The maximum absolute atomic E-state index is 13.8. The van der Waals surface area contributed by atoms with Crippen LogP contribution < -0.4 is 10.6 Å². The van der Waals surface area contributed by atoms with E-state index in [2.05, 4.69) is 15.9 Å². The summed E-state index contributed by atoms with van der Waals surface area (Å²) >= 11 is 3.45. The number of aromatic carboxylic acids is 1. The standard InChI is InChI=1S/C15H14BrFN2O2/c1-19(8-9-4-2-3-5-11(9)16)14-7-12(17)10(15(20)21)6-13(14)18/h2-7H,8,18H2,1H3,(H,20,21). The summed E-state index contributed by atoms with van der Waals surface area (Å²) in [6.45, 7) is 0.511. The van der Waals surface area contributed by atoms with Crippen LogP contribution in [0.4, 0.5) is 15.8 Å². The molecule has 4 nitrogen and oxygen atoms in total. The van der Waals surface area contributed by atoms with Crippen LogP contribution in [0.15, 0.2) is 40.9 Å². The molecule has 0 bridgehead atoms. The molecular weight excluding hydrogens is 339 g/mol. The second-order valence-corrected chi connectivity index (χ2v) is 5.50. The maximum atomic E-state index is 13.8. The summed E-state index contributed by atoms with van der Waals surface area (Å²) in [6, 6.07) is 9.97. The molecule has 2 aromatic rings. The Bertz CT molecular complexity index is 691. The summed E-state index contributed by atoms with van der Waals surface area (Å²) in [5, 5.41) is 8.88. The number of nitrogens with two attached hydrogens (primary N) is 1. The van der Waals surface area contributed by atoms with Gasteiger partial charge in [-0.25, -0.2) is 9.18 Å². The topological polar surface area (TPSA) is 66.6 Å². The molecule has 0 fully saturated rings. The third kappa shape index (κ3) is 3.33. The molecular formula is C15H14BrFN2O2. The molecule has 0 saturated carbocycles. The largest absolute Gasteiger partial charge is 0.478 e. The Hall–Kier alpha value is -2.08. The number of rotatable bonds is 4. The third-order valence-corrected chi connectivity index (χ3v) is 3.90. The number of hydrogen-bond donors (Lipinski definition) is 2. The first-order valence-corrected chi connectivity index (χ1v) is 6.96. The minimum Gasteiger partial charge on any atom is -0.478 e. The van der Waals surface area contributed by atoms with Gasteiger partial charge in [-0.1, -0.05) is 34.1 Å². The van der Waals surface area contributed by atoms with Gasteiger partial charge in [-0.2, -0.15) is 0 Å². The van der Waals surface area contributed by atoms with Crippen molar-refractivity contribution in [2.45, 2.75) is 6.54 Å². The highest BCUT2D eigenvalue weighted by molar-refractivity contribution is 9.10. The average Bonchev–Trinajstić information content (AvgIpc) is 2.43. The lowest BCUT2D eigenvalue weighted by Gasteiger charge is -2.22. The van der Waals surface area contributed by atoms with E-state index in [1.165, 1.54) is 0 Å². The fraction of sp³-hybridized carbons (Fsp3) is 0.133. The number of anilines is 2. The molecule has 2 aromatic carbocycles. The molecule has 0 unspecified atom stereocenters. The van der Waals surface area contributed by atoms with Crippen molar-refractivity contribution in [3.8, 4) is 0 Å². The number of carbonyl (C=O) groups is 1. The molecule has 110 valence electrons. The summed E-state index contributed by atoms with van der Waals surface area (Å²) < 4.78 is 14.7. The van der Waals surface area contributed by atoms with Crippen LogP contribution in [0.5, 0.6) is 0 Å². The van der Waals surface area contributed by atoms with Crippen LogP contribution in [0, 0.1) is 5.82 Å². The number of nitrogens with zero attached hydrogens (tertiary/aromatic N) is 1. The summed E-state index contributed by atoms with van der Waals surface area (Å²) in [5.74, 6) is -2.13. The van der Waals surface area contributed by atoms with Gasteiger partial charge in [-0.15, -0.1) is 0 Å². The van der Waals surface area contributed by atoms with E-state index in [0.717, 1.165) is 22.2 Å². The van der Waals surface area contributed by atoms with Crippen molar-refractivity contribution < 1.29 is 14.3 Å². The fourth-order valence-corrected chi connectivity index (χ4v) is 2.45. The number of nitrogen functional groups attached to an aromatic ring is 1. The predicted molar refractivity (Wildman–Crippen MR) is 84.0 cm³/mol. The zero-order valence-corrected chi connectivity index (χ0v) is 12.9. The Balaban J connectivity index is 2.32. The van der Waals surface area contributed by atoms with Crippen molar-refractivity contribution in [1.29, 1.82) is 0 Å². The molecule has 0 radical (unpaired) electrons. The summed E-state index contributed by atoms with van der Waals surface area (Å²) in [5.41, 5.74) is 7.11. The molecule has 0 aliphatic rings. The van der Waals surface area contributed by atoms with E-state index >= 15 is 0 Å². The van der Waals surface area contributed by atoms with Crippen molar-refractivity contribution >= 4 is 33.3 Å². The molecule has 0 saturated heterocycles. The summed E-state index contributed by atoms with van der Waals surface area (Å²) in [4.78, 5) is 12.6. The highest BCUT2D eigenvalue weighted by atomic mass is 79.9. The van der Waals surface area contributed by atoms with Crippen molar-refractivity contribution in [3.05, 3.63) is 57.8 Å². The van der Waals surface area contributed by atoms with Crippen molar-refractivity contribution in [3.63, 3.8) is 0 Å². The Morgan fingerprint density at radius 1 is 1.38 bits per heavy atom. The second kappa shape index (κ2) is 6.13. The van der Waals surface area contributed by atoms with Crippen molar-refractivity contribution in [1.82, 2.24) is 0 Å². The quantitative estimate of drug-likeness (QED) is 0.826. The molecule has 0 aliphatic carbocycles. The number of benzene rings is 2. The van der Waals surface area contributed by atoms with Crippen molar-refractivity contribution in [2.24, 2.45) is 0 Å². The van der Waals surface area contributed by atoms with E-state index in [4.69, 9.17) is 10.8 Å². The minimum atomic E-state index is -1.33. The lowest BCUT2D eigenvalue weighted by atomic mass is 10.1. The molecule has 6 heteroatoms. The predicted octanol–water partition coefficient (Wildman–Crippen LogP) is 3.51. The summed E-state index contributed by atoms with van der Waals surface area (Å²) in [6.07, 6.45) is 0. The van der Waals surface area contributed by atoms with Gasteiger partial charge in [0.2, 0.25) is 0 Å². The Morgan fingerprint density at radius 2 is 2.05 bits per heavy atom. The number of halogens is 2.